The highest BCUT2D eigenvalue weighted by molar-refractivity contribution is 6.31. The average molecular weight is 409 g/mol. The number of ether oxygens (including phenoxy) is 1. The lowest BCUT2D eigenvalue weighted by atomic mass is 10.0. The normalized spacial score (nSPS) is 20.8. The molecule has 0 aromatic rings. The highest BCUT2D eigenvalue weighted by Crippen LogP contribution is 2.16. The van der Waals surface area contributed by atoms with Crippen LogP contribution in [0.25, 0.3) is 0 Å². The van der Waals surface area contributed by atoms with E-state index in [0.29, 0.717) is 35.8 Å². The predicted octanol–water partition coefficient (Wildman–Crippen LogP) is 2.00. The molecule has 2 rings (SSSR count). The highest BCUT2D eigenvalue weighted by Gasteiger charge is 2.22. The summed E-state index contributed by atoms with van der Waals surface area (Å²) in [6.07, 6.45) is 8.55. The molecule has 2 aliphatic rings. The maximum atomic E-state index is 12.6. The molecule has 2 heterocycles. The fourth-order valence-electron chi connectivity index (χ4n) is 3.23. The molecule has 0 aliphatic carbocycles. The fourth-order valence-corrected chi connectivity index (χ4v) is 3.29. The third kappa shape index (κ3) is 7.43. The molecular formula is C21H33ClN4O2. The van der Waals surface area contributed by atoms with Gasteiger partial charge < -0.3 is 15.8 Å². The predicted molar refractivity (Wildman–Crippen MR) is 115 cm³/mol. The maximum Gasteiger partial charge on any atom is 0.250 e. The third-order valence-electron chi connectivity index (χ3n) is 5.07. The second-order valence-electron chi connectivity index (χ2n) is 7.04. The second kappa shape index (κ2) is 12.1. The lowest BCUT2D eigenvalue weighted by molar-refractivity contribution is -0.118. The zero-order valence-corrected chi connectivity index (χ0v) is 17.8. The van der Waals surface area contributed by atoms with Crippen LogP contribution in [0.3, 0.4) is 0 Å². The number of hydrogen-bond donors (Lipinski definition) is 2. The number of nitrogens with zero attached hydrogens (tertiary/aromatic N) is 2. The SMILES string of the molecule is C\C=C(Cl)/C=C\C(=C/C)CN1CCC(N)=C(C(=O)NCCN2CCOCC2)C1. The number of carbonyl (C=O) groups is 1. The lowest BCUT2D eigenvalue weighted by Crippen LogP contribution is -2.44. The van der Waals surface area contributed by atoms with Crippen molar-refractivity contribution in [3.8, 4) is 0 Å². The van der Waals surface area contributed by atoms with Gasteiger partial charge in [-0.15, -0.1) is 0 Å². The van der Waals surface area contributed by atoms with Crippen LogP contribution in [0.15, 0.2) is 46.2 Å². The zero-order valence-electron chi connectivity index (χ0n) is 17.0. The van der Waals surface area contributed by atoms with Gasteiger partial charge in [0.15, 0.2) is 0 Å². The first-order valence-electron chi connectivity index (χ1n) is 9.96. The molecule has 7 heteroatoms. The molecule has 3 N–H and O–H groups in total. The van der Waals surface area contributed by atoms with Crippen LogP contribution in [0.1, 0.15) is 20.3 Å². The topological polar surface area (TPSA) is 70.8 Å². The van der Waals surface area contributed by atoms with Crippen molar-refractivity contribution in [2.45, 2.75) is 20.3 Å². The van der Waals surface area contributed by atoms with Gasteiger partial charge in [-0.2, -0.15) is 0 Å². The Morgan fingerprint density at radius 3 is 2.61 bits per heavy atom. The van der Waals surface area contributed by atoms with E-state index in [-0.39, 0.29) is 5.91 Å². The Hall–Kier alpha value is -1.60. The Morgan fingerprint density at radius 1 is 1.18 bits per heavy atom. The Bertz CT molecular complexity index is 649. The summed E-state index contributed by atoms with van der Waals surface area (Å²) in [7, 11) is 0. The van der Waals surface area contributed by atoms with Crippen LogP contribution in [0.2, 0.25) is 0 Å². The van der Waals surface area contributed by atoms with Crippen LogP contribution in [0.5, 0.6) is 0 Å². The molecule has 0 bridgehead atoms. The molecule has 0 atom stereocenters. The van der Waals surface area contributed by atoms with Crippen LogP contribution in [0, 0.1) is 0 Å². The minimum absolute atomic E-state index is 0.0509. The van der Waals surface area contributed by atoms with Gasteiger partial charge in [-0.1, -0.05) is 29.8 Å². The fraction of sp³-hybridized carbons (Fsp3) is 0.571. The van der Waals surface area contributed by atoms with Crippen LogP contribution in [-0.4, -0.2) is 74.7 Å². The molecule has 0 saturated carbocycles. The Balaban J connectivity index is 1.85. The summed E-state index contributed by atoms with van der Waals surface area (Å²) in [5, 5.41) is 3.74. The average Bonchev–Trinajstić information content (AvgIpc) is 2.72. The van der Waals surface area contributed by atoms with Gasteiger partial charge in [0.05, 0.1) is 13.2 Å². The summed E-state index contributed by atoms with van der Waals surface area (Å²) in [5.41, 5.74) is 8.70. The van der Waals surface area contributed by atoms with Gasteiger partial charge in [0, 0.05) is 68.5 Å². The molecule has 156 valence electrons. The molecule has 1 fully saturated rings. The minimum Gasteiger partial charge on any atom is -0.402 e. The van der Waals surface area contributed by atoms with Crippen LogP contribution in [0.4, 0.5) is 0 Å². The van der Waals surface area contributed by atoms with Crippen LogP contribution in [-0.2, 0) is 9.53 Å². The maximum absolute atomic E-state index is 12.6. The number of allylic oxidation sites excluding steroid dienone is 4. The smallest absolute Gasteiger partial charge is 0.250 e. The van der Waals surface area contributed by atoms with Gasteiger partial charge in [0.1, 0.15) is 0 Å². The van der Waals surface area contributed by atoms with E-state index in [2.05, 4.69) is 21.2 Å². The van der Waals surface area contributed by atoms with Gasteiger partial charge in [-0.25, -0.2) is 0 Å². The van der Waals surface area contributed by atoms with Gasteiger partial charge in [0.2, 0.25) is 5.91 Å². The number of halogens is 1. The van der Waals surface area contributed by atoms with Gasteiger partial charge >= 0.3 is 0 Å². The molecule has 0 spiro atoms. The quantitative estimate of drug-likeness (QED) is 0.601. The van der Waals surface area contributed by atoms with E-state index in [0.717, 1.165) is 51.5 Å². The van der Waals surface area contributed by atoms with Crippen molar-refractivity contribution >= 4 is 17.5 Å². The second-order valence-corrected chi connectivity index (χ2v) is 7.48. The standard InChI is InChI=1S/C21H33ClN4O2/c1-3-17(5-6-18(22)4-2)15-26-9-7-20(23)19(16-26)21(27)24-8-10-25-11-13-28-14-12-25/h3-6H,7-16,23H2,1-2H3,(H,24,27)/b6-5-,17-3+,18-4+. The van der Waals surface area contributed by atoms with E-state index >= 15 is 0 Å². The molecule has 6 nitrogen and oxygen atoms in total. The van der Waals surface area contributed by atoms with Gasteiger partial charge in [0.25, 0.3) is 0 Å². The number of hydrogen-bond acceptors (Lipinski definition) is 5. The number of morpholine rings is 1. The van der Waals surface area contributed by atoms with E-state index in [4.69, 9.17) is 22.1 Å². The Kier molecular flexibility index (Phi) is 9.78. The van der Waals surface area contributed by atoms with Crippen LogP contribution >= 0.6 is 11.6 Å². The zero-order chi connectivity index (χ0) is 20.4. The molecule has 1 amide bonds. The van der Waals surface area contributed by atoms with E-state index in [1.165, 1.54) is 0 Å². The third-order valence-corrected chi connectivity index (χ3v) is 5.41. The summed E-state index contributed by atoms with van der Waals surface area (Å²) >= 11 is 6.04. The largest absolute Gasteiger partial charge is 0.402 e. The van der Waals surface area contributed by atoms with Crippen molar-refractivity contribution in [1.29, 1.82) is 0 Å². The number of carbonyl (C=O) groups excluding carboxylic acids is 1. The van der Waals surface area contributed by atoms with Crippen molar-refractivity contribution in [2.75, 3.05) is 59.0 Å². The number of rotatable bonds is 8. The van der Waals surface area contributed by atoms with Crippen molar-refractivity contribution in [3.05, 3.63) is 46.2 Å². The molecular weight excluding hydrogens is 376 g/mol. The first kappa shape index (κ1) is 22.7. The summed E-state index contributed by atoms with van der Waals surface area (Å²) in [6.45, 7) is 10.9. The number of nitrogens with two attached hydrogens (primary N) is 1. The van der Waals surface area contributed by atoms with E-state index < -0.39 is 0 Å². The molecule has 28 heavy (non-hydrogen) atoms. The van der Waals surface area contributed by atoms with Crippen molar-refractivity contribution in [2.24, 2.45) is 5.73 Å². The van der Waals surface area contributed by atoms with Crippen molar-refractivity contribution in [3.63, 3.8) is 0 Å². The summed E-state index contributed by atoms with van der Waals surface area (Å²) in [4.78, 5) is 17.2. The van der Waals surface area contributed by atoms with E-state index in [1.54, 1.807) is 0 Å². The van der Waals surface area contributed by atoms with Crippen molar-refractivity contribution in [1.82, 2.24) is 15.1 Å². The monoisotopic (exact) mass is 408 g/mol. The Morgan fingerprint density at radius 2 is 1.93 bits per heavy atom. The molecule has 1 saturated heterocycles. The molecule has 0 aromatic heterocycles. The van der Waals surface area contributed by atoms with Gasteiger partial charge in [-0.05, 0) is 25.5 Å². The van der Waals surface area contributed by atoms with Crippen LogP contribution < -0.4 is 11.1 Å². The summed E-state index contributed by atoms with van der Waals surface area (Å²) in [6, 6.07) is 0. The summed E-state index contributed by atoms with van der Waals surface area (Å²) in [5.74, 6) is -0.0509. The van der Waals surface area contributed by atoms with E-state index in [9.17, 15) is 4.79 Å². The molecule has 0 radical (unpaired) electrons. The van der Waals surface area contributed by atoms with Gasteiger partial charge in [-0.3, -0.25) is 14.6 Å². The number of amides is 1. The minimum atomic E-state index is -0.0509. The Labute approximate surface area is 173 Å². The highest BCUT2D eigenvalue weighted by atomic mass is 35.5. The molecule has 0 unspecified atom stereocenters. The first-order chi connectivity index (χ1) is 13.5. The number of nitrogens with one attached hydrogen (secondary N) is 1. The molecule has 0 aromatic carbocycles. The lowest BCUT2D eigenvalue weighted by Gasteiger charge is -2.30. The van der Waals surface area contributed by atoms with E-state index in [1.807, 2.05) is 32.1 Å². The summed E-state index contributed by atoms with van der Waals surface area (Å²) < 4.78 is 5.35. The van der Waals surface area contributed by atoms with Crippen molar-refractivity contribution < 1.29 is 9.53 Å². The first-order valence-corrected chi connectivity index (χ1v) is 10.3. The molecule has 2 aliphatic heterocycles.